The minimum atomic E-state index is -0.0227. The number of rotatable bonds is 6. The van der Waals surface area contributed by atoms with E-state index in [1.54, 1.807) is 0 Å². The van der Waals surface area contributed by atoms with Gasteiger partial charge in [-0.3, -0.25) is 0 Å². The molecule has 0 spiro atoms. The third-order valence-corrected chi connectivity index (χ3v) is 3.13. The number of hydrogen-bond donors (Lipinski definition) is 1. The van der Waals surface area contributed by atoms with Crippen molar-refractivity contribution in [2.45, 2.75) is 26.3 Å². The van der Waals surface area contributed by atoms with E-state index in [1.165, 1.54) is 0 Å². The monoisotopic (exact) mass is 271 g/mol. The Bertz CT molecular complexity index is 554. The number of benzene rings is 2. The van der Waals surface area contributed by atoms with E-state index in [-0.39, 0.29) is 6.04 Å². The molecule has 20 heavy (non-hydrogen) atoms. The molecule has 0 aromatic heterocycles. The average Bonchev–Trinajstić information content (AvgIpc) is 2.49. The lowest BCUT2D eigenvalue weighted by Crippen LogP contribution is -2.09. The van der Waals surface area contributed by atoms with Gasteiger partial charge in [-0.2, -0.15) is 0 Å². The number of ether oxygens (including phenoxy) is 2. The third-order valence-electron chi connectivity index (χ3n) is 3.13. The summed E-state index contributed by atoms with van der Waals surface area (Å²) in [6, 6.07) is 15.5. The van der Waals surface area contributed by atoms with Crippen LogP contribution < -0.4 is 15.2 Å². The second-order valence-corrected chi connectivity index (χ2v) is 4.53. The Kier molecular flexibility index (Phi) is 5.02. The Balaban J connectivity index is 2.30. The molecule has 1 atom stereocenters. The minimum absolute atomic E-state index is 0.0227. The Morgan fingerprint density at radius 1 is 0.900 bits per heavy atom. The van der Waals surface area contributed by atoms with E-state index in [1.807, 2.05) is 55.5 Å². The molecule has 0 saturated carbocycles. The quantitative estimate of drug-likeness (QED) is 0.852. The van der Waals surface area contributed by atoms with E-state index in [2.05, 4.69) is 6.92 Å². The van der Waals surface area contributed by atoms with Gasteiger partial charge in [-0.1, -0.05) is 37.3 Å². The molecule has 3 heteroatoms. The van der Waals surface area contributed by atoms with Crippen molar-refractivity contribution in [1.82, 2.24) is 0 Å². The summed E-state index contributed by atoms with van der Waals surface area (Å²) in [5.41, 5.74) is 7.15. The smallest absolute Gasteiger partial charge is 0.169 e. The Labute approximate surface area is 120 Å². The number of para-hydroxylation sites is 3. The molecule has 0 heterocycles. The molecular formula is C17H21NO2. The summed E-state index contributed by atoms with van der Waals surface area (Å²) >= 11 is 0. The highest BCUT2D eigenvalue weighted by molar-refractivity contribution is 5.45. The first-order chi connectivity index (χ1) is 9.76. The van der Waals surface area contributed by atoms with E-state index in [4.69, 9.17) is 15.2 Å². The first-order valence-electron chi connectivity index (χ1n) is 7.00. The predicted molar refractivity (Wildman–Crippen MR) is 81.3 cm³/mol. The molecule has 0 aliphatic carbocycles. The van der Waals surface area contributed by atoms with Crippen LogP contribution in [0.3, 0.4) is 0 Å². The zero-order chi connectivity index (χ0) is 14.4. The molecule has 0 aliphatic heterocycles. The van der Waals surface area contributed by atoms with Crippen LogP contribution in [0.25, 0.3) is 0 Å². The van der Waals surface area contributed by atoms with E-state index in [9.17, 15) is 0 Å². The lowest BCUT2D eigenvalue weighted by molar-refractivity contribution is 0.320. The van der Waals surface area contributed by atoms with Crippen molar-refractivity contribution < 1.29 is 9.47 Å². The van der Waals surface area contributed by atoms with Gasteiger partial charge in [0.2, 0.25) is 0 Å². The summed E-state index contributed by atoms with van der Waals surface area (Å²) in [5, 5.41) is 0. The van der Waals surface area contributed by atoms with Gasteiger partial charge in [0.05, 0.1) is 6.61 Å². The molecule has 106 valence electrons. The molecule has 2 rings (SSSR count). The molecule has 0 bridgehead atoms. The summed E-state index contributed by atoms with van der Waals surface area (Å²) in [7, 11) is 0. The van der Waals surface area contributed by atoms with Crippen LogP contribution in [0, 0.1) is 0 Å². The van der Waals surface area contributed by atoms with Crippen LogP contribution >= 0.6 is 0 Å². The molecule has 0 radical (unpaired) electrons. The Morgan fingerprint density at radius 2 is 1.50 bits per heavy atom. The first-order valence-corrected chi connectivity index (χ1v) is 7.00. The van der Waals surface area contributed by atoms with Gasteiger partial charge < -0.3 is 15.2 Å². The molecule has 0 unspecified atom stereocenters. The Morgan fingerprint density at radius 3 is 2.15 bits per heavy atom. The largest absolute Gasteiger partial charge is 0.490 e. The molecule has 2 N–H and O–H groups in total. The highest BCUT2D eigenvalue weighted by Gasteiger charge is 2.12. The molecule has 2 aromatic carbocycles. The van der Waals surface area contributed by atoms with E-state index in [0.717, 1.165) is 23.5 Å². The van der Waals surface area contributed by atoms with Crippen molar-refractivity contribution >= 4 is 0 Å². The van der Waals surface area contributed by atoms with Crippen LogP contribution in [-0.4, -0.2) is 6.61 Å². The van der Waals surface area contributed by atoms with Crippen LogP contribution in [0.1, 0.15) is 31.9 Å². The molecule has 3 nitrogen and oxygen atoms in total. The second-order valence-electron chi connectivity index (χ2n) is 4.53. The summed E-state index contributed by atoms with van der Waals surface area (Å²) in [4.78, 5) is 0. The van der Waals surface area contributed by atoms with Crippen LogP contribution in [0.5, 0.6) is 17.2 Å². The molecule has 0 fully saturated rings. The maximum Gasteiger partial charge on any atom is 0.169 e. The van der Waals surface area contributed by atoms with Gasteiger partial charge in [0, 0.05) is 11.6 Å². The standard InChI is InChI=1S/C17H21NO2/c1-3-14(18)13-9-5-6-10-15(13)20-17-12-8-7-11-16(17)19-4-2/h5-12,14H,3-4,18H2,1-2H3/t14-/m0/s1. The maximum atomic E-state index is 6.13. The maximum absolute atomic E-state index is 6.13. The predicted octanol–water partition coefficient (Wildman–Crippen LogP) is 4.29. The zero-order valence-electron chi connectivity index (χ0n) is 12.0. The van der Waals surface area contributed by atoms with Crippen LogP contribution in [0.4, 0.5) is 0 Å². The van der Waals surface area contributed by atoms with E-state index < -0.39 is 0 Å². The number of nitrogens with two attached hydrogens (primary N) is 1. The van der Waals surface area contributed by atoms with Gasteiger partial charge >= 0.3 is 0 Å². The fourth-order valence-corrected chi connectivity index (χ4v) is 2.03. The average molecular weight is 271 g/mol. The summed E-state index contributed by atoms with van der Waals surface area (Å²) in [5.74, 6) is 2.24. The van der Waals surface area contributed by atoms with E-state index in [0.29, 0.717) is 12.4 Å². The van der Waals surface area contributed by atoms with Gasteiger partial charge in [-0.05, 0) is 31.5 Å². The zero-order valence-corrected chi connectivity index (χ0v) is 12.0. The molecule has 2 aromatic rings. The first kappa shape index (κ1) is 14.4. The summed E-state index contributed by atoms with van der Waals surface area (Å²) in [6.07, 6.45) is 0.869. The Hall–Kier alpha value is -2.00. The normalized spacial score (nSPS) is 11.9. The van der Waals surface area contributed by atoms with Gasteiger partial charge in [0.15, 0.2) is 11.5 Å². The lowest BCUT2D eigenvalue weighted by Gasteiger charge is -2.17. The molecule has 0 aliphatic rings. The van der Waals surface area contributed by atoms with Gasteiger partial charge in [0.25, 0.3) is 0 Å². The van der Waals surface area contributed by atoms with Gasteiger partial charge in [0.1, 0.15) is 5.75 Å². The van der Waals surface area contributed by atoms with Gasteiger partial charge in [-0.15, -0.1) is 0 Å². The van der Waals surface area contributed by atoms with Crippen molar-refractivity contribution in [3.63, 3.8) is 0 Å². The van der Waals surface area contributed by atoms with Gasteiger partial charge in [-0.25, -0.2) is 0 Å². The summed E-state index contributed by atoms with van der Waals surface area (Å²) in [6.45, 7) is 4.63. The van der Waals surface area contributed by atoms with Crippen molar-refractivity contribution in [3.8, 4) is 17.2 Å². The third kappa shape index (κ3) is 3.31. The highest BCUT2D eigenvalue weighted by atomic mass is 16.5. The van der Waals surface area contributed by atoms with Crippen LogP contribution in [-0.2, 0) is 0 Å². The number of hydrogen-bond acceptors (Lipinski definition) is 3. The fraction of sp³-hybridized carbons (Fsp3) is 0.294. The molecular weight excluding hydrogens is 250 g/mol. The SMILES string of the molecule is CCOc1ccccc1Oc1ccccc1[C@@H](N)CC. The van der Waals surface area contributed by atoms with E-state index >= 15 is 0 Å². The van der Waals surface area contributed by atoms with Crippen molar-refractivity contribution in [1.29, 1.82) is 0 Å². The topological polar surface area (TPSA) is 44.5 Å². The van der Waals surface area contributed by atoms with Crippen molar-refractivity contribution in [2.24, 2.45) is 5.73 Å². The van der Waals surface area contributed by atoms with Crippen LogP contribution in [0.2, 0.25) is 0 Å². The molecule has 0 amide bonds. The van der Waals surface area contributed by atoms with Crippen molar-refractivity contribution in [2.75, 3.05) is 6.61 Å². The minimum Gasteiger partial charge on any atom is -0.490 e. The second kappa shape index (κ2) is 6.96. The fourth-order valence-electron chi connectivity index (χ4n) is 2.03. The van der Waals surface area contributed by atoms with Crippen LogP contribution in [0.15, 0.2) is 48.5 Å². The lowest BCUT2D eigenvalue weighted by atomic mass is 10.0. The summed E-state index contributed by atoms with van der Waals surface area (Å²) < 4.78 is 11.6. The highest BCUT2D eigenvalue weighted by Crippen LogP contribution is 2.34. The van der Waals surface area contributed by atoms with Crippen molar-refractivity contribution in [3.05, 3.63) is 54.1 Å². The molecule has 0 saturated heterocycles.